The lowest BCUT2D eigenvalue weighted by Crippen LogP contribution is -2.55. The van der Waals surface area contributed by atoms with Crippen molar-refractivity contribution in [2.24, 2.45) is 17.6 Å². The number of aromatic nitrogens is 1. The van der Waals surface area contributed by atoms with Gasteiger partial charge in [-0.3, -0.25) is 14.6 Å². The van der Waals surface area contributed by atoms with Gasteiger partial charge in [0.15, 0.2) is 0 Å². The average molecular weight is 486 g/mol. The summed E-state index contributed by atoms with van der Waals surface area (Å²) in [5.41, 5.74) is 6.60. The molecule has 2 aliphatic heterocycles. The lowest BCUT2D eigenvalue weighted by molar-refractivity contribution is -0.123. The Labute approximate surface area is 203 Å². The van der Waals surface area contributed by atoms with E-state index in [0.717, 1.165) is 5.69 Å². The van der Waals surface area contributed by atoms with Gasteiger partial charge in [0.2, 0.25) is 5.91 Å². The number of hydrogen-bond donors (Lipinski definition) is 1. The number of nitrogens with two attached hydrogens (primary N) is 1. The molecular weight excluding hydrogens is 457 g/mol. The molecule has 3 unspecified atom stereocenters. The highest BCUT2D eigenvalue weighted by Crippen LogP contribution is 2.67. The monoisotopic (exact) mass is 485 g/mol. The van der Waals surface area contributed by atoms with Crippen LogP contribution >= 0.6 is 11.6 Å². The maximum absolute atomic E-state index is 15.2. The van der Waals surface area contributed by atoms with Crippen LogP contribution < -0.4 is 5.73 Å². The molecule has 1 saturated carbocycles. The summed E-state index contributed by atoms with van der Waals surface area (Å²) in [4.78, 5) is 32.6. The van der Waals surface area contributed by atoms with Crippen LogP contribution in [0.4, 0.5) is 4.39 Å². The van der Waals surface area contributed by atoms with E-state index >= 15 is 4.39 Å². The van der Waals surface area contributed by atoms with Crippen molar-refractivity contribution in [3.8, 4) is 0 Å². The largest absolute Gasteiger partial charge is 0.381 e. The third-order valence-corrected chi connectivity index (χ3v) is 7.92. The maximum atomic E-state index is 15.2. The van der Waals surface area contributed by atoms with Gasteiger partial charge >= 0.3 is 0 Å². The van der Waals surface area contributed by atoms with Gasteiger partial charge in [0.25, 0.3) is 5.91 Å². The van der Waals surface area contributed by atoms with Crippen LogP contribution in [0, 0.1) is 17.7 Å². The molecule has 1 aromatic heterocycles. The van der Waals surface area contributed by atoms with E-state index < -0.39 is 23.3 Å². The van der Waals surface area contributed by atoms with Gasteiger partial charge in [-0.1, -0.05) is 38.4 Å². The first-order valence-corrected chi connectivity index (χ1v) is 12.0. The van der Waals surface area contributed by atoms with Gasteiger partial charge in [-0.25, -0.2) is 4.39 Å². The summed E-state index contributed by atoms with van der Waals surface area (Å²) in [5.74, 6) is -1.43. The number of piperidine rings is 1. The van der Waals surface area contributed by atoms with Crippen molar-refractivity contribution in [2.45, 2.75) is 56.5 Å². The summed E-state index contributed by atoms with van der Waals surface area (Å²) in [5, 5.41) is 0.315. The second-order valence-corrected chi connectivity index (χ2v) is 11.3. The highest BCUT2D eigenvalue weighted by molar-refractivity contribution is 6.30. The molecule has 2 N–H and O–H groups in total. The van der Waals surface area contributed by atoms with Gasteiger partial charge in [-0.15, -0.1) is 0 Å². The minimum atomic E-state index is -0.739. The molecule has 8 heteroatoms. The van der Waals surface area contributed by atoms with Gasteiger partial charge in [0, 0.05) is 39.7 Å². The van der Waals surface area contributed by atoms with Gasteiger partial charge in [0.1, 0.15) is 11.9 Å². The molecule has 3 aliphatic rings. The number of carbonyl (C=O) groups is 2. The van der Waals surface area contributed by atoms with Crippen LogP contribution in [0.15, 0.2) is 36.5 Å². The molecule has 2 aromatic rings. The number of fused-ring (bicyclic) bond motifs is 1. The lowest BCUT2D eigenvalue weighted by Gasteiger charge is -2.44. The molecular formula is C26H29ClFN3O3. The van der Waals surface area contributed by atoms with Gasteiger partial charge < -0.3 is 15.4 Å². The third-order valence-electron chi connectivity index (χ3n) is 7.68. The van der Waals surface area contributed by atoms with E-state index in [0.29, 0.717) is 42.2 Å². The number of likely N-dealkylation sites (tertiary alicyclic amines) is 1. The van der Waals surface area contributed by atoms with Crippen LogP contribution in [0.5, 0.6) is 0 Å². The number of carbonyl (C=O) groups excluding carboxylic acids is 2. The summed E-state index contributed by atoms with van der Waals surface area (Å²) in [6.07, 6.45) is 2.80. The summed E-state index contributed by atoms with van der Waals surface area (Å²) in [6.45, 7) is 7.04. The Hall–Kier alpha value is -2.51. The molecule has 5 rings (SSSR count). The molecule has 1 aliphatic carbocycles. The first kappa shape index (κ1) is 23.2. The Morgan fingerprint density at radius 3 is 2.59 bits per heavy atom. The van der Waals surface area contributed by atoms with E-state index in [1.54, 1.807) is 35.4 Å². The van der Waals surface area contributed by atoms with E-state index in [1.165, 1.54) is 6.07 Å². The van der Waals surface area contributed by atoms with E-state index in [2.05, 4.69) is 4.98 Å². The van der Waals surface area contributed by atoms with Crippen molar-refractivity contribution in [2.75, 3.05) is 13.2 Å². The normalized spacial score (nSPS) is 27.1. The second-order valence-electron chi connectivity index (χ2n) is 10.8. The van der Waals surface area contributed by atoms with E-state index in [9.17, 15) is 9.59 Å². The highest BCUT2D eigenvalue weighted by atomic mass is 35.5. The molecule has 0 spiro atoms. The zero-order valence-corrected chi connectivity index (χ0v) is 20.3. The zero-order chi connectivity index (χ0) is 24.4. The Morgan fingerprint density at radius 2 is 2.00 bits per heavy atom. The van der Waals surface area contributed by atoms with Gasteiger partial charge in [-0.2, -0.15) is 0 Å². The molecule has 0 bridgehead atoms. The summed E-state index contributed by atoms with van der Waals surface area (Å²) in [6, 6.07) is 7.40. The third kappa shape index (κ3) is 3.60. The molecule has 3 heterocycles. The predicted octanol–water partition coefficient (Wildman–Crippen LogP) is 4.06. The second kappa shape index (κ2) is 8.02. The van der Waals surface area contributed by atoms with Crippen molar-refractivity contribution in [1.82, 2.24) is 9.88 Å². The van der Waals surface area contributed by atoms with E-state index in [4.69, 9.17) is 22.1 Å². The molecule has 3 fully saturated rings. The SMILES string of the molecule is CC(C)(C)c1cc(C(=O)N2C(C(N)=O)CC3CC32[C@@H](c2ccc(Cl)cc2F)C2COC2)ccn1. The summed E-state index contributed by atoms with van der Waals surface area (Å²) in [7, 11) is 0. The van der Waals surface area contributed by atoms with Crippen LogP contribution in [-0.4, -0.2) is 46.5 Å². The topological polar surface area (TPSA) is 85.5 Å². The number of benzene rings is 1. The minimum Gasteiger partial charge on any atom is -0.381 e. The summed E-state index contributed by atoms with van der Waals surface area (Å²) >= 11 is 6.03. The number of amides is 2. The van der Waals surface area contributed by atoms with E-state index in [1.807, 2.05) is 20.8 Å². The van der Waals surface area contributed by atoms with Crippen molar-refractivity contribution in [3.63, 3.8) is 0 Å². The first-order valence-electron chi connectivity index (χ1n) is 11.7. The van der Waals surface area contributed by atoms with Crippen molar-refractivity contribution < 1.29 is 18.7 Å². The predicted molar refractivity (Wildman–Crippen MR) is 126 cm³/mol. The lowest BCUT2D eigenvalue weighted by atomic mass is 9.76. The molecule has 2 saturated heterocycles. The molecule has 4 atom stereocenters. The quantitative estimate of drug-likeness (QED) is 0.692. The number of nitrogens with zero attached hydrogens (tertiary/aromatic N) is 2. The molecule has 1 aromatic carbocycles. The summed E-state index contributed by atoms with van der Waals surface area (Å²) < 4.78 is 20.7. The fourth-order valence-electron chi connectivity index (χ4n) is 5.93. The Bertz CT molecular complexity index is 1160. The van der Waals surface area contributed by atoms with E-state index in [-0.39, 0.29) is 29.1 Å². The molecule has 34 heavy (non-hydrogen) atoms. The number of hydrogen-bond acceptors (Lipinski definition) is 4. The van der Waals surface area contributed by atoms with Crippen LogP contribution in [-0.2, 0) is 14.9 Å². The maximum Gasteiger partial charge on any atom is 0.255 e. The number of ether oxygens (including phenoxy) is 1. The number of pyridine rings is 1. The standard InChI is InChI=1S/C26H29ClFN3O3/c1-25(2,3)21-8-14(6-7-30-21)24(33)31-20(23(29)32)9-16-11-26(16,31)22(15-12-34-13-15)18-5-4-17(27)10-19(18)28/h4-8,10,15-16,20,22H,9,11-13H2,1-3H3,(H2,29,32)/t16?,20?,22-,26?/m1/s1. The smallest absolute Gasteiger partial charge is 0.255 e. The highest BCUT2D eigenvalue weighted by Gasteiger charge is 2.72. The zero-order valence-electron chi connectivity index (χ0n) is 19.6. The Balaban J connectivity index is 1.61. The first-order chi connectivity index (χ1) is 16.0. The van der Waals surface area contributed by atoms with Crippen LogP contribution in [0.25, 0.3) is 0 Å². The fourth-order valence-corrected chi connectivity index (χ4v) is 6.09. The number of primary amides is 1. The van der Waals surface area contributed by atoms with Crippen LogP contribution in [0.2, 0.25) is 5.02 Å². The minimum absolute atomic E-state index is 0.0326. The van der Waals surface area contributed by atoms with Crippen LogP contribution in [0.3, 0.4) is 0 Å². The number of rotatable bonds is 5. The number of halogens is 2. The van der Waals surface area contributed by atoms with Crippen molar-refractivity contribution in [3.05, 3.63) is 64.2 Å². The fraction of sp³-hybridized carbons (Fsp3) is 0.500. The van der Waals surface area contributed by atoms with Crippen molar-refractivity contribution in [1.29, 1.82) is 0 Å². The van der Waals surface area contributed by atoms with Crippen molar-refractivity contribution >= 4 is 23.4 Å². The van der Waals surface area contributed by atoms with Gasteiger partial charge in [-0.05, 0) is 48.6 Å². The molecule has 180 valence electrons. The van der Waals surface area contributed by atoms with Crippen LogP contribution in [0.1, 0.15) is 61.1 Å². The van der Waals surface area contributed by atoms with Gasteiger partial charge in [0.05, 0.1) is 18.8 Å². The Kier molecular flexibility index (Phi) is 5.48. The molecule has 2 amide bonds. The molecule has 6 nitrogen and oxygen atoms in total. The Morgan fingerprint density at radius 1 is 1.26 bits per heavy atom. The average Bonchev–Trinajstić information content (AvgIpc) is 3.34. The molecule has 0 radical (unpaired) electrons.